The zero-order chi connectivity index (χ0) is 13.2. The molecule has 0 amide bonds. The lowest BCUT2D eigenvalue weighted by molar-refractivity contribution is -0.139. The number of carbonyl (C=O) groups excluding carboxylic acids is 1. The van der Waals surface area contributed by atoms with E-state index in [9.17, 15) is 4.79 Å². The lowest BCUT2D eigenvalue weighted by Gasteiger charge is -2.25. The first-order valence-corrected chi connectivity index (χ1v) is 8.33. The fourth-order valence-electron chi connectivity index (χ4n) is 2.41. The second kappa shape index (κ2) is 9.68. The van der Waals surface area contributed by atoms with E-state index >= 15 is 0 Å². The highest BCUT2D eigenvalue weighted by atomic mass is 32.2. The van der Waals surface area contributed by atoms with E-state index in [1.807, 2.05) is 6.92 Å². The summed E-state index contributed by atoms with van der Waals surface area (Å²) in [5.74, 6) is 0.434. The molecular weight excluding hydrogens is 246 g/mol. The van der Waals surface area contributed by atoms with Crippen LogP contribution in [0.25, 0.3) is 0 Å². The first kappa shape index (κ1) is 15.8. The topological polar surface area (TPSA) is 38.3 Å². The number of thioether (sulfide) groups is 1. The summed E-state index contributed by atoms with van der Waals surface area (Å²) in [6, 6.07) is 0.576. The zero-order valence-electron chi connectivity index (χ0n) is 11.7. The standard InChI is InChI=1S/C14H27NO2S/c1-3-10-15-12-8-6-5-7-9-13(12)18-11-14(16)17-4-2/h12-13,15H,3-11H2,1-2H3. The Morgan fingerprint density at radius 3 is 2.78 bits per heavy atom. The number of hydrogen-bond donors (Lipinski definition) is 1. The molecule has 4 heteroatoms. The molecule has 0 aromatic carbocycles. The maximum absolute atomic E-state index is 11.4. The van der Waals surface area contributed by atoms with Gasteiger partial charge in [0.2, 0.25) is 0 Å². The summed E-state index contributed by atoms with van der Waals surface area (Å²) in [7, 11) is 0. The van der Waals surface area contributed by atoms with Crippen molar-refractivity contribution in [3.8, 4) is 0 Å². The SMILES string of the molecule is CCCNC1CCCCCC1SCC(=O)OCC. The van der Waals surface area contributed by atoms with Crippen LogP contribution >= 0.6 is 11.8 Å². The van der Waals surface area contributed by atoms with Crippen LogP contribution in [0.2, 0.25) is 0 Å². The van der Waals surface area contributed by atoms with Crippen LogP contribution in [0.4, 0.5) is 0 Å². The van der Waals surface area contributed by atoms with Gasteiger partial charge in [-0.15, -0.1) is 11.8 Å². The van der Waals surface area contributed by atoms with Crippen LogP contribution in [0.5, 0.6) is 0 Å². The molecule has 0 bridgehead atoms. The van der Waals surface area contributed by atoms with E-state index in [1.54, 1.807) is 11.8 Å². The Morgan fingerprint density at radius 2 is 2.06 bits per heavy atom. The summed E-state index contributed by atoms with van der Waals surface area (Å²) in [6.07, 6.45) is 7.60. The van der Waals surface area contributed by atoms with Crippen molar-refractivity contribution in [1.82, 2.24) is 5.32 Å². The van der Waals surface area contributed by atoms with Crippen LogP contribution < -0.4 is 5.32 Å². The first-order chi connectivity index (χ1) is 8.77. The van der Waals surface area contributed by atoms with E-state index in [-0.39, 0.29) is 5.97 Å². The van der Waals surface area contributed by atoms with Gasteiger partial charge in [0.25, 0.3) is 0 Å². The number of carbonyl (C=O) groups is 1. The Morgan fingerprint density at radius 1 is 1.28 bits per heavy atom. The lowest BCUT2D eigenvalue weighted by atomic mass is 10.1. The maximum Gasteiger partial charge on any atom is 0.315 e. The van der Waals surface area contributed by atoms with E-state index in [2.05, 4.69) is 12.2 Å². The summed E-state index contributed by atoms with van der Waals surface area (Å²) in [5.41, 5.74) is 0. The smallest absolute Gasteiger partial charge is 0.315 e. The number of hydrogen-bond acceptors (Lipinski definition) is 4. The van der Waals surface area contributed by atoms with Gasteiger partial charge in [-0.3, -0.25) is 4.79 Å². The monoisotopic (exact) mass is 273 g/mol. The van der Waals surface area contributed by atoms with Crippen molar-refractivity contribution < 1.29 is 9.53 Å². The maximum atomic E-state index is 11.4. The quantitative estimate of drug-likeness (QED) is 0.572. The normalized spacial score (nSPS) is 24.6. The first-order valence-electron chi connectivity index (χ1n) is 7.28. The molecule has 1 rings (SSSR count). The molecule has 0 radical (unpaired) electrons. The van der Waals surface area contributed by atoms with Crippen molar-refractivity contribution in [2.45, 2.75) is 63.7 Å². The predicted molar refractivity (Wildman–Crippen MR) is 78.0 cm³/mol. The van der Waals surface area contributed by atoms with E-state index in [0.717, 1.165) is 6.54 Å². The molecule has 0 aromatic rings. The third kappa shape index (κ3) is 6.10. The second-order valence-corrected chi connectivity index (χ2v) is 6.08. The summed E-state index contributed by atoms with van der Waals surface area (Å²) in [5, 5.41) is 4.22. The lowest BCUT2D eigenvalue weighted by Crippen LogP contribution is -2.38. The van der Waals surface area contributed by atoms with Crippen molar-refractivity contribution in [3.63, 3.8) is 0 Å². The molecule has 0 aliphatic heterocycles. The molecule has 1 saturated carbocycles. The minimum absolute atomic E-state index is 0.0685. The largest absolute Gasteiger partial charge is 0.465 e. The van der Waals surface area contributed by atoms with Crippen LogP contribution in [0.15, 0.2) is 0 Å². The van der Waals surface area contributed by atoms with Crippen molar-refractivity contribution in [2.75, 3.05) is 18.9 Å². The molecular formula is C14H27NO2S. The number of rotatable bonds is 7. The molecule has 1 aliphatic carbocycles. The van der Waals surface area contributed by atoms with Gasteiger partial charge in [-0.05, 0) is 32.7 Å². The molecule has 0 aromatic heterocycles. The van der Waals surface area contributed by atoms with Gasteiger partial charge < -0.3 is 10.1 Å². The third-order valence-electron chi connectivity index (χ3n) is 3.33. The number of ether oxygens (including phenoxy) is 1. The molecule has 0 heterocycles. The molecule has 1 aliphatic rings. The fraction of sp³-hybridized carbons (Fsp3) is 0.929. The Labute approximate surface area is 115 Å². The minimum atomic E-state index is -0.0685. The molecule has 1 N–H and O–H groups in total. The van der Waals surface area contributed by atoms with Gasteiger partial charge >= 0.3 is 5.97 Å². The van der Waals surface area contributed by atoms with Gasteiger partial charge in [0.1, 0.15) is 0 Å². The summed E-state index contributed by atoms with van der Waals surface area (Å²) < 4.78 is 5.00. The average molecular weight is 273 g/mol. The molecule has 0 saturated heterocycles. The molecule has 1 fully saturated rings. The highest BCUT2D eigenvalue weighted by Gasteiger charge is 2.24. The van der Waals surface area contributed by atoms with Gasteiger partial charge in [-0.25, -0.2) is 0 Å². The molecule has 3 nitrogen and oxygen atoms in total. The van der Waals surface area contributed by atoms with Gasteiger partial charge in [0.15, 0.2) is 0 Å². The van der Waals surface area contributed by atoms with E-state index < -0.39 is 0 Å². The number of esters is 1. The van der Waals surface area contributed by atoms with Crippen molar-refractivity contribution in [3.05, 3.63) is 0 Å². The van der Waals surface area contributed by atoms with E-state index in [4.69, 9.17) is 4.74 Å². The van der Waals surface area contributed by atoms with E-state index in [0.29, 0.717) is 23.7 Å². The van der Waals surface area contributed by atoms with Gasteiger partial charge in [-0.1, -0.05) is 26.2 Å². The van der Waals surface area contributed by atoms with Crippen molar-refractivity contribution in [2.24, 2.45) is 0 Å². The molecule has 2 atom stereocenters. The van der Waals surface area contributed by atoms with Gasteiger partial charge in [-0.2, -0.15) is 0 Å². The Hall–Kier alpha value is -0.220. The Balaban J connectivity index is 2.38. The van der Waals surface area contributed by atoms with E-state index in [1.165, 1.54) is 38.5 Å². The van der Waals surface area contributed by atoms with Crippen LogP contribution in [-0.4, -0.2) is 36.2 Å². The highest BCUT2D eigenvalue weighted by molar-refractivity contribution is 8.00. The molecule has 2 unspecified atom stereocenters. The molecule has 0 spiro atoms. The second-order valence-electron chi connectivity index (χ2n) is 4.85. The van der Waals surface area contributed by atoms with Crippen molar-refractivity contribution >= 4 is 17.7 Å². The zero-order valence-corrected chi connectivity index (χ0v) is 12.6. The van der Waals surface area contributed by atoms with Gasteiger partial charge in [0.05, 0.1) is 12.4 Å². The fourth-order valence-corrected chi connectivity index (χ4v) is 3.65. The molecule has 18 heavy (non-hydrogen) atoms. The third-order valence-corrected chi connectivity index (χ3v) is 4.72. The minimum Gasteiger partial charge on any atom is -0.465 e. The van der Waals surface area contributed by atoms with Crippen LogP contribution in [0.3, 0.4) is 0 Å². The average Bonchev–Trinajstić information content (AvgIpc) is 2.59. The predicted octanol–water partition coefficient (Wildman–Crippen LogP) is 2.98. The number of nitrogens with one attached hydrogen (secondary N) is 1. The van der Waals surface area contributed by atoms with Crippen molar-refractivity contribution in [1.29, 1.82) is 0 Å². The van der Waals surface area contributed by atoms with Crippen LogP contribution in [-0.2, 0) is 9.53 Å². The summed E-state index contributed by atoms with van der Waals surface area (Å²) in [6.45, 7) is 5.63. The van der Waals surface area contributed by atoms with Crippen LogP contribution in [0.1, 0.15) is 52.4 Å². The molecule has 106 valence electrons. The van der Waals surface area contributed by atoms with Crippen LogP contribution in [0, 0.1) is 0 Å². The van der Waals surface area contributed by atoms with Gasteiger partial charge in [0, 0.05) is 11.3 Å². The summed E-state index contributed by atoms with van der Waals surface area (Å²) >= 11 is 1.78. The summed E-state index contributed by atoms with van der Waals surface area (Å²) in [4.78, 5) is 11.4. The Kier molecular flexibility index (Phi) is 8.51. The highest BCUT2D eigenvalue weighted by Crippen LogP contribution is 2.28. The Bertz CT molecular complexity index is 236.